The molecule has 3 aromatic carbocycles. The van der Waals surface area contributed by atoms with Crippen LogP contribution in [0.5, 0.6) is 0 Å². The fourth-order valence-electron chi connectivity index (χ4n) is 2.28. The monoisotopic (exact) mass is 220 g/mol. The highest BCUT2D eigenvalue weighted by Gasteiger charge is 2.03. The number of hydrazone groups is 1. The average molecular weight is 220 g/mol. The molecular formula is C15H12N2. The third-order valence-electron chi connectivity index (χ3n) is 3.02. The fraction of sp³-hybridized carbons (Fsp3) is 0. The van der Waals surface area contributed by atoms with Crippen LogP contribution in [0.1, 0.15) is 5.56 Å². The second-order valence-electron chi connectivity index (χ2n) is 4.01. The normalized spacial score (nSPS) is 11.5. The van der Waals surface area contributed by atoms with E-state index in [1.807, 2.05) is 18.2 Å². The number of rotatable bonds is 1. The van der Waals surface area contributed by atoms with E-state index in [-0.39, 0.29) is 0 Å². The van der Waals surface area contributed by atoms with Gasteiger partial charge in [0.15, 0.2) is 0 Å². The van der Waals surface area contributed by atoms with Crippen LogP contribution in [-0.2, 0) is 0 Å². The predicted molar refractivity (Wildman–Crippen MR) is 73.2 cm³/mol. The molecule has 0 radical (unpaired) electrons. The highest BCUT2D eigenvalue weighted by molar-refractivity contribution is 6.14. The van der Waals surface area contributed by atoms with Crippen molar-refractivity contribution < 1.29 is 0 Å². The van der Waals surface area contributed by atoms with Crippen LogP contribution in [0, 0.1) is 0 Å². The first-order chi connectivity index (χ1) is 8.40. The van der Waals surface area contributed by atoms with E-state index in [9.17, 15) is 0 Å². The van der Waals surface area contributed by atoms with Gasteiger partial charge < -0.3 is 5.84 Å². The zero-order valence-corrected chi connectivity index (χ0v) is 9.30. The smallest absolute Gasteiger partial charge is 0.0544 e. The highest BCUT2D eigenvalue weighted by atomic mass is 15.1. The van der Waals surface area contributed by atoms with Crippen molar-refractivity contribution in [1.82, 2.24) is 0 Å². The van der Waals surface area contributed by atoms with E-state index < -0.39 is 0 Å². The summed E-state index contributed by atoms with van der Waals surface area (Å²) in [5.74, 6) is 5.27. The van der Waals surface area contributed by atoms with Crippen LogP contribution in [-0.4, -0.2) is 6.21 Å². The van der Waals surface area contributed by atoms with Gasteiger partial charge in [-0.25, -0.2) is 0 Å². The molecule has 2 heteroatoms. The Morgan fingerprint density at radius 2 is 1.59 bits per heavy atom. The Bertz CT molecular complexity index is 714. The first-order valence-electron chi connectivity index (χ1n) is 5.54. The summed E-state index contributed by atoms with van der Waals surface area (Å²) >= 11 is 0. The molecule has 0 bridgehead atoms. The molecule has 0 aliphatic heterocycles. The molecule has 2 N–H and O–H groups in total. The van der Waals surface area contributed by atoms with Gasteiger partial charge in [0.2, 0.25) is 0 Å². The van der Waals surface area contributed by atoms with Gasteiger partial charge in [0.25, 0.3) is 0 Å². The first-order valence-corrected chi connectivity index (χ1v) is 5.54. The van der Waals surface area contributed by atoms with Gasteiger partial charge in [0, 0.05) is 5.56 Å². The molecule has 0 spiro atoms. The molecule has 0 heterocycles. The van der Waals surface area contributed by atoms with Crippen molar-refractivity contribution in [2.45, 2.75) is 0 Å². The van der Waals surface area contributed by atoms with Crippen molar-refractivity contribution in [3.63, 3.8) is 0 Å². The molecule has 3 rings (SSSR count). The quantitative estimate of drug-likeness (QED) is 0.290. The first kappa shape index (κ1) is 9.85. The van der Waals surface area contributed by atoms with Crippen molar-refractivity contribution in [1.29, 1.82) is 0 Å². The van der Waals surface area contributed by atoms with Gasteiger partial charge in [-0.2, -0.15) is 5.10 Å². The number of fused-ring (bicyclic) bond motifs is 3. The van der Waals surface area contributed by atoms with Gasteiger partial charge in [-0.3, -0.25) is 0 Å². The molecule has 82 valence electrons. The Balaban J connectivity index is 2.54. The molecule has 3 aromatic rings. The van der Waals surface area contributed by atoms with E-state index in [4.69, 9.17) is 5.84 Å². The van der Waals surface area contributed by atoms with E-state index in [1.54, 1.807) is 6.21 Å². The van der Waals surface area contributed by atoms with Gasteiger partial charge in [-0.1, -0.05) is 54.6 Å². The standard InChI is InChI=1S/C15H12N2/c16-17-10-13-6-3-5-12-9-8-11-4-1-2-7-14(11)15(12)13/h1-10H,16H2. The lowest BCUT2D eigenvalue weighted by atomic mass is 9.98. The summed E-state index contributed by atoms with van der Waals surface area (Å²) in [4.78, 5) is 0. The van der Waals surface area contributed by atoms with Gasteiger partial charge >= 0.3 is 0 Å². The minimum atomic E-state index is 1.06. The van der Waals surface area contributed by atoms with Crippen molar-refractivity contribution in [3.05, 3.63) is 60.2 Å². The van der Waals surface area contributed by atoms with Crippen molar-refractivity contribution in [3.8, 4) is 0 Å². The third-order valence-corrected chi connectivity index (χ3v) is 3.02. The minimum absolute atomic E-state index is 1.06. The number of benzene rings is 3. The Kier molecular flexibility index (Phi) is 2.26. The summed E-state index contributed by atoms with van der Waals surface area (Å²) in [6, 6.07) is 18.8. The van der Waals surface area contributed by atoms with Gasteiger partial charge in [0.1, 0.15) is 0 Å². The van der Waals surface area contributed by atoms with Crippen LogP contribution in [0.3, 0.4) is 0 Å². The molecular weight excluding hydrogens is 208 g/mol. The van der Waals surface area contributed by atoms with E-state index in [0.29, 0.717) is 0 Å². The Hall–Kier alpha value is -2.35. The van der Waals surface area contributed by atoms with Crippen LogP contribution >= 0.6 is 0 Å². The van der Waals surface area contributed by atoms with E-state index in [2.05, 4.69) is 41.5 Å². The maximum atomic E-state index is 5.27. The fourth-order valence-corrected chi connectivity index (χ4v) is 2.28. The molecule has 2 nitrogen and oxygen atoms in total. The molecule has 0 fully saturated rings. The van der Waals surface area contributed by atoms with Gasteiger partial charge in [-0.15, -0.1) is 0 Å². The van der Waals surface area contributed by atoms with Gasteiger partial charge in [-0.05, 0) is 21.5 Å². The average Bonchev–Trinajstić information content (AvgIpc) is 2.39. The topological polar surface area (TPSA) is 38.4 Å². The summed E-state index contributed by atoms with van der Waals surface area (Å²) in [5, 5.41) is 8.53. The maximum absolute atomic E-state index is 5.27. The molecule has 0 aliphatic carbocycles. The second-order valence-corrected chi connectivity index (χ2v) is 4.01. The van der Waals surface area contributed by atoms with Crippen LogP contribution in [0.4, 0.5) is 0 Å². The number of nitrogens with zero attached hydrogens (tertiary/aromatic N) is 1. The molecule has 0 amide bonds. The third kappa shape index (κ3) is 1.54. The van der Waals surface area contributed by atoms with Crippen LogP contribution in [0.2, 0.25) is 0 Å². The summed E-state index contributed by atoms with van der Waals surface area (Å²) < 4.78 is 0. The van der Waals surface area contributed by atoms with E-state index >= 15 is 0 Å². The number of hydrogen-bond donors (Lipinski definition) is 1. The lowest BCUT2D eigenvalue weighted by molar-refractivity contribution is 1.26. The molecule has 0 aliphatic rings. The van der Waals surface area contributed by atoms with Crippen LogP contribution in [0.15, 0.2) is 59.7 Å². The van der Waals surface area contributed by atoms with Crippen molar-refractivity contribution >= 4 is 27.8 Å². The number of nitrogens with two attached hydrogens (primary N) is 1. The lowest BCUT2D eigenvalue weighted by Gasteiger charge is -2.06. The Labute approximate surface area is 99.4 Å². The molecule has 0 saturated heterocycles. The summed E-state index contributed by atoms with van der Waals surface area (Å²) in [5.41, 5.74) is 1.06. The summed E-state index contributed by atoms with van der Waals surface area (Å²) in [6.45, 7) is 0. The predicted octanol–water partition coefficient (Wildman–Crippen LogP) is 3.29. The Morgan fingerprint density at radius 3 is 2.47 bits per heavy atom. The SMILES string of the molecule is NN=Cc1cccc2ccc3ccccc3c12. The maximum Gasteiger partial charge on any atom is 0.0544 e. The molecule has 17 heavy (non-hydrogen) atoms. The largest absolute Gasteiger partial charge is 0.323 e. The molecule has 0 saturated carbocycles. The Morgan fingerprint density at radius 1 is 0.824 bits per heavy atom. The molecule has 0 aromatic heterocycles. The van der Waals surface area contributed by atoms with Crippen molar-refractivity contribution in [2.75, 3.05) is 0 Å². The molecule has 0 atom stereocenters. The lowest BCUT2D eigenvalue weighted by Crippen LogP contribution is -1.89. The number of hydrogen-bond acceptors (Lipinski definition) is 2. The highest BCUT2D eigenvalue weighted by Crippen LogP contribution is 2.27. The van der Waals surface area contributed by atoms with Crippen LogP contribution in [0.25, 0.3) is 21.5 Å². The van der Waals surface area contributed by atoms with Gasteiger partial charge in [0.05, 0.1) is 6.21 Å². The minimum Gasteiger partial charge on any atom is -0.323 e. The van der Waals surface area contributed by atoms with Crippen molar-refractivity contribution in [2.24, 2.45) is 10.9 Å². The zero-order valence-electron chi connectivity index (χ0n) is 9.30. The summed E-state index contributed by atoms with van der Waals surface area (Å²) in [7, 11) is 0. The zero-order chi connectivity index (χ0) is 11.7. The second kappa shape index (κ2) is 3.91. The molecule has 0 unspecified atom stereocenters. The van der Waals surface area contributed by atoms with Crippen LogP contribution < -0.4 is 5.84 Å². The van der Waals surface area contributed by atoms with E-state index in [1.165, 1.54) is 21.5 Å². The summed E-state index contributed by atoms with van der Waals surface area (Å²) in [6.07, 6.45) is 1.70. The van der Waals surface area contributed by atoms with E-state index in [0.717, 1.165) is 5.56 Å².